The van der Waals surface area contributed by atoms with Crippen LogP contribution in [0.25, 0.3) is 0 Å². The van der Waals surface area contributed by atoms with Gasteiger partial charge in [0.05, 0.1) is 0 Å². The first-order valence-electron chi connectivity index (χ1n) is 29.1. The molecular weight excluding hydrogens is 913 g/mol. The number of rotatable bonds is 50. The van der Waals surface area contributed by atoms with Crippen molar-refractivity contribution in [1.82, 2.24) is 0 Å². The average Bonchev–Trinajstić information content (AvgIpc) is 3.40. The summed E-state index contributed by atoms with van der Waals surface area (Å²) in [6.07, 6.45) is 89.2. The molecule has 412 valence electrons. The van der Waals surface area contributed by atoms with Crippen LogP contribution in [0.4, 0.5) is 0 Å². The van der Waals surface area contributed by atoms with Crippen molar-refractivity contribution in [2.75, 3.05) is 13.2 Å². The SMILES string of the molecule is CC/C=C\C/C=C\C/C=C\C/C=C\C/C=C\C/C=C\CCCCC(=O)OCC(COC(=O)CCCCCCC/C=C\C/C=C\CCCCCC)OC(=O)CC/C=C\C/C=C\C/C=C\C/C=C\C/C=C\C/C=C\CC. The Balaban J connectivity index is 4.64. The van der Waals surface area contributed by atoms with Gasteiger partial charge in [-0.15, -0.1) is 0 Å². The molecule has 6 heteroatoms. The largest absolute Gasteiger partial charge is 0.462 e. The molecule has 1 atom stereocenters. The Morgan fingerprint density at radius 1 is 0.284 bits per heavy atom. The van der Waals surface area contributed by atoms with Crippen LogP contribution in [0.15, 0.2) is 170 Å². The molecule has 6 nitrogen and oxygen atoms in total. The van der Waals surface area contributed by atoms with E-state index in [1.807, 2.05) is 12.2 Å². The summed E-state index contributed by atoms with van der Waals surface area (Å²) in [4.78, 5) is 38.2. The molecule has 0 aromatic heterocycles. The minimum Gasteiger partial charge on any atom is -0.462 e. The van der Waals surface area contributed by atoms with E-state index < -0.39 is 12.1 Å². The average molecular weight is 1020 g/mol. The summed E-state index contributed by atoms with van der Waals surface area (Å²) in [5, 5.41) is 0. The highest BCUT2D eigenvalue weighted by Gasteiger charge is 2.19. The molecule has 0 fully saturated rings. The summed E-state index contributed by atoms with van der Waals surface area (Å²) in [6.45, 7) is 6.26. The predicted molar refractivity (Wildman–Crippen MR) is 320 cm³/mol. The Morgan fingerprint density at radius 3 is 0.905 bits per heavy atom. The number of allylic oxidation sites excluding steroid dienone is 28. The molecule has 1 unspecified atom stereocenters. The molecule has 0 heterocycles. The van der Waals surface area contributed by atoms with E-state index >= 15 is 0 Å². The Bertz CT molecular complexity index is 1740. The Morgan fingerprint density at radius 2 is 0.554 bits per heavy atom. The van der Waals surface area contributed by atoms with E-state index in [4.69, 9.17) is 14.2 Å². The summed E-state index contributed by atoms with van der Waals surface area (Å²) >= 11 is 0. The van der Waals surface area contributed by atoms with Gasteiger partial charge in [-0.2, -0.15) is 0 Å². The van der Waals surface area contributed by atoms with Crippen molar-refractivity contribution in [2.45, 2.75) is 226 Å². The van der Waals surface area contributed by atoms with Gasteiger partial charge in [0.1, 0.15) is 13.2 Å². The number of carbonyl (C=O) groups is 3. The molecule has 0 bridgehead atoms. The quantitative estimate of drug-likeness (QED) is 0.0261. The van der Waals surface area contributed by atoms with Crippen molar-refractivity contribution in [3.8, 4) is 0 Å². The lowest BCUT2D eigenvalue weighted by molar-refractivity contribution is -0.166. The van der Waals surface area contributed by atoms with Crippen molar-refractivity contribution in [1.29, 1.82) is 0 Å². The zero-order chi connectivity index (χ0) is 53.6. The third-order valence-corrected chi connectivity index (χ3v) is 11.4. The number of hydrogen-bond acceptors (Lipinski definition) is 6. The molecule has 0 aliphatic rings. The molecule has 0 aromatic carbocycles. The first kappa shape index (κ1) is 68.8. The van der Waals surface area contributed by atoms with Crippen molar-refractivity contribution in [3.05, 3.63) is 170 Å². The summed E-state index contributed by atoms with van der Waals surface area (Å²) < 4.78 is 16.7. The fraction of sp³-hybridized carbons (Fsp3) is 0.544. The molecule has 74 heavy (non-hydrogen) atoms. The van der Waals surface area contributed by atoms with E-state index in [0.717, 1.165) is 135 Å². The number of carbonyl (C=O) groups excluding carboxylic acids is 3. The molecule has 0 aliphatic heterocycles. The van der Waals surface area contributed by atoms with Gasteiger partial charge in [-0.25, -0.2) is 0 Å². The Labute approximate surface area is 453 Å². The topological polar surface area (TPSA) is 78.9 Å². The second-order valence-corrected chi connectivity index (χ2v) is 18.4. The van der Waals surface area contributed by atoms with E-state index in [9.17, 15) is 14.4 Å². The van der Waals surface area contributed by atoms with E-state index in [-0.39, 0.29) is 38.0 Å². The van der Waals surface area contributed by atoms with Crippen LogP contribution in [0, 0.1) is 0 Å². The van der Waals surface area contributed by atoms with Gasteiger partial charge in [0, 0.05) is 19.3 Å². The van der Waals surface area contributed by atoms with Crippen molar-refractivity contribution in [3.63, 3.8) is 0 Å². The van der Waals surface area contributed by atoms with Gasteiger partial charge < -0.3 is 14.2 Å². The van der Waals surface area contributed by atoms with Gasteiger partial charge in [0.2, 0.25) is 0 Å². The van der Waals surface area contributed by atoms with Gasteiger partial charge in [-0.1, -0.05) is 229 Å². The van der Waals surface area contributed by atoms with Crippen LogP contribution < -0.4 is 0 Å². The Kier molecular flexibility index (Phi) is 56.1. The second-order valence-electron chi connectivity index (χ2n) is 18.4. The third-order valence-electron chi connectivity index (χ3n) is 11.4. The normalized spacial score (nSPS) is 13.4. The molecular formula is C68H104O6. The number of ether oxygens (including phenoxy) is 3. The fourth-order valence-corrected chi connectivity index (χ4v) is 7.15. The maximum atomic E-state index is 12.8. The molecule has 0 aromatic rings. The van der Waals surface area contributed by atoms with E-state index in [0.29, 0.717) is 19.3 Å². The second kappa shape index (κ2) is 60.3. The number of esters is 3. The van der Waals surface area contributed by atoms with Gasteiger partial charge in [-0.3, -0.25) is 14.4 Å². The fourth-order valence-electron chi connectivity index (χ4n) is 7.15. The van der Waals surface area contributed by atoms with Gasteiger partial charge in [-0.05, 0) is 141 Å². The van der Waals surface area contributed by atoms with Gasteiger partial charge in [0.25, 0.3) is 0 Å². The first-order chi connectivity index (χ1) is 36.5. The lowest BCUT2D eigenvalue weighted by Crippen LogP contribution is -2.30. The van der Waals surface area contributed by atoms with Crippen LogP contribution in [0.3, 0.4) is 0 Å². The highest BCUT2D eigenvalue weighted by Crippen LogP contribution is 2.11. The van der Waals surface area contributed by atoms with E-state index in [2.05, 4.69) is 179 Å². The summed E-state index contributed by atoms with van der Waals surface area (Å²) in [6, 6.07) is 0. The zero-order valence-corrected chi connectivity index (χ0v) is 47.0. The summed E-state index contributed by atoms with van der Waals surface area (Å²) in [5.74, 6) is -1.09. The van der Waals surface area contributed by atoms with Crippen LogP contribution in [-0.2, 0) is 28.6 Å². The van der Waals surface area contributed by atoms with Gasteiger partial charge >= 0.3 is 17.9 Å². The molecule has 0 aliphatic carbocycles. The summed E-state index contributed by atoms with van der Waals surface area (Å²) in [7, 11) is 0. The Hall–Kier alpha value is -5.23. The highest BCUT2D eigenvalue weighted by atomic mass is 16.6. The molecule has 0 rings (SSSR count). The molecule has 0 radical (unpaired) electrons. The van der Waals surface area contributed by atoms with Crippen LogP contribution in [0.1, 0.15) is 220 Å². The van der Waals surface area contributed by atoms with E-state index in [1.54, 1.807) is 0 Å². The van der Waals surface area contributed by atoms with Crippen LogP contribution in [0.5, 0.6) is 0 Å². The van der Waals surface area contributed by atoms with Crippen LogP contribution in [-0.4, -0.2) is 37.2 Å². The van der Waals surface area contributed by atoms with Crippen molar-refractivity contribution in [2.24, 2.45) is 0 Å². The lowest BCUT2D eigenvalue weighted by atomic mass is 10.1. The minimum atomic E-state index is -0.853. The van der Waals surface area contributed by atoms with Crippen LogP contribution >= 0.6 is 0 Å². The number of hydrogen-bond donors (Lipinski definition) is 0. The molecule has 0 N–H and O–H groups in total. The van der Waals surface area contributed by atoms with Crippen molar-refractivity contribution >= 4 is 17.9 Å². The standard InChI is InChI=1S/C68H104O6/c1-4-7-10-13-16-19-22-25-28-31-33-34-36-37-40-43-46-49-52-55-58-61-67(70)73-64-65(63-72-66(69)60-57-54-51-48-45-42-39-30-27-24-21-18-15-12-9-6-3)74-68(71)62-59-56-53-50-47-44-41-38-35-32-29-26-23-20-17-14-11-8-5-2/h7-8,10-11,16-17,19-21,24-26,28-30,33-35,37-40,44,46-47,49,53,56,65H,4-6,9,12-15,18,22-23,27,31-32,36,41-43,45,48,50-52,54-55,57-64H2,1-3H3/b10-7-,11-8-,19-16-,20-17-,24-21-,28-25-,29-26-,34-33-,38-35-,39-30-,40-37-,47-44-,49-46-,56-53-. The smallest absolute Gasteiger partial charge is 0.306 e. The van der Waals surface area contributed by atoms with Gasteiger partial charge in [0.15, 0.2) is 6.10 Å². The number of unbranched alkanes of at least 4 members (excludes halogenated alkanes) is 11. The lowest BCUT2D eigenvalue weighted by Gasteiger charge is -2.18. The molecule has 0 saturated heterocycles. The molecule has 0 spiro atoms. The maximum absolute atomic E-state index is 12.8. The minimum absolute atomic E-state index is 0.138. The molecule has 0 saturated carbocycles. The van der Waals surface area contributed by atoms with Crippen LogP contribution in [0.2, 0.25) is 0 Å². The molecule has 0 amide bonds. The first-order valence-corrected chi connectivity index (χ1v) is 29.1. The third kappa shape index (κ3) is 57.7. The monoisotopic (exact) mass is 1020 g/mol. The van der Waals surface area contributed by atoms with Crippen molar-refractivity contribution < 1.29 is 28.6 Å². The zero-order valence-electron chi connectivity index (χ0n) is 47.0. The highest BCUT2D eigenvalue weighted by molar-refractivity contribution is 5.71. The van der Waals surface area contributed by atoms with E-state index in [1.165, 1.54) is 32.1 Å². The predicted octanol–water partition coefficient (Wildman–Crippen LogP) is 19.9. The maximum Gasteiger partial charge on any atom is 0.306 e. The summed E-state index contributed by atoms with van der Waals surface area (Å²) in [5.41, 5.74) is 0.